The topological polar surface area (TPSA) is 79.5 Å². The first kappa shape index (κ1) is 9.45. The van der Waals surface area contributed by atoms with Crippen molar-refractivity contribution in [1.29, 1.82) is 0 Å². The van der Waals surface area contributed by atoms with Crippen LogP contribution >= 0.6 is 0 Å². The van der Waals surface area contributed by atoms with Gasteiger partial charge in [-0.15, -0.1) is 0 Å². The molecule has 0 amide bonds. The fraction of sp³-hybridized carbons (Fsp3) is 0.222. The number of aliphatic carboxylic acids is 1. The number of hydrogen-bond donors (Lipinski definition) is 1. The number of carboxylic acids is 1. The molecule has 2 heterocycles. The molecule has 1 N–H and O–H groups in total. The molecule has 2 aromatic heterocycles. The van der Waals surface area contributed by atoms with Crippen molar-refractivity contribution in [3.8, 4) is 0 Å². The molecule has 0 saturated carbocycles. The van der Waals surface area contributed by atoms with Crippen LogP contribution < -0.4 is 4.90 Å². The van der Waals surface area contributed by atoms with Crippen molar-refractivity contribution in [3.63, 3.8) is 0 Å². The van der Waals surface area contributed by atoms with Crippen molar-refractivity contribution >= 4 is 22.8 Å². The maximum Gasteiger partial charge on any atom is 0.323 e. The van der Waals surface area contributed by atoms with Crippen LogP contribution in [0.5, 0.6) is 0 Å². The van der Waals surface area contributed by atoms with Crippen LogP contribution in [0.4, 0.5) is 5.82 Å². The largest absolute Gasteiger partial charge is 0.480 e. The van der Waals surface area contributed by atoms with Crippen LogP contribution in [0.2, 0.25) is 0 Å². The minimum atomic E-state index is -0.906. The number of likely N-dealkylation sites (N-methyl/N-ethyl adjacent to an activating group) is 1. The second-order valence-corrected chi connectivity index (χ2v) is 3.16. The number of rotatable bonds is 3. The minimum Gasteiger partial charge on any atom is -0.480 e. The Kier molecular flexibility index (Phi) is 2.24. The van der Waals surface area contributed by atoms with E-state index in [1.54, 1.807) is 25.5 Å². The zero-order valence-electron chi connectivity index (χ0n) is 8.04. The summed E-state index contributed by atoms with van der Waals surface area (Å²) in [5.41, 5.74) is 0.595. The van der Waals surface area contributed by atoms with Gasteiger partial charge in [-0.1, -0.05) is 5.16 Å². The summed E-state index contributed by atoms with van der Waals surface area (Å²) in [7, 11) is 1.65. The van der Waals surface area contributed by atoms with Crippen LogP contribution in [0.1, 0.15) is 0 Å². The molecular formula is C9H9N3O3. The first-order valence-corrected chi connectivity index (χ1v) is 4.30. The Labute approximate surface area is 85.1 Å². The molecule has 0 aliphatic heterocycles. The van der Waals surface area contributed by atoms with E-state index in [0.717, 1.165) is 5.39 Å². The average molecular weight is 207 g/mol. The van der Waals surface area contributed by atoms with Gasteiger partial charge in [0.1, 0.15) is 12.4 Å². The summed E-state index contributed by atoms with van der Waals surface area (Å²) in [5.74, 6) is -0.362. The second-order valence-electron chi connectivity index (χ2n) is 3.16. The number of carboxylic acid groups (broad SMARTS) is 1. The SMILES string of the molecule is CN(CC(=O)O)c1cc2oncc2cn1. The summed E-state index contributed by atoms with van der Waals surface area (Å²) >= 11 is 0. The van der Waals surface area contributed by atoms with E-state index in [4.69, 9.17) is 9.63 Å². The molecule has 0 fully saturated rings. The molecule has 0 aromatic carbocycles. The van der Waals surface area contributed by atoms with Crippen molar-refractivity contribution in [2.45, 2.75) is 0 Å². The summed E-state index contributed by atoms with van der Waals surface area (Å²) in [5, 5.41) is 13.0. The number of anilines is 1. The van der Waals surface area contributed by atoms with Crippen LogP contribution in [0, 0.1) is 0 Å². The second kappa shape index (κ2) is 3.56. The number of carbonyl (C=O) groups is 1. The molecule has 0 bridgehead atoms. The Morgan fingerprint density at radius 2 is 2.40 bits per heavy atom. The highest BCUT2D eigenvalue weighted by Gasteiger charge is 2.08. The first-order chi connectivity index (χ1) is 7.16. The third-order valence-corrected chi connectivity index (χ3v) is 1.99. The zero-order valence-corrected chi connectivity index (χ0v) is 8.04. The zero-order chi connectivity index (χ0) is 10.8. The van der Waals surface area contributed by atoms with Crippen molar-refractivity contribution in [3.05, 3.63) is 18.5 Å². The number of fused-ring (bicyclic) bond motifs is 1. The van der Waals surface area contributed by atoms with Crippen molar-refractivity contribution in [2.75, 3.05) is 18.5 Å². The molecule has 0 aliphatic rings. The molecule has 78 valence electrons. The maximum atomic E-state index is 10.5. The van der Waals surface area contributed by atoms with E-state index in [-0.39, 0.29) is 6.54 Å². The van der Waals surface area contributed by atoms with Crippen LogP contribution in [-0.4, -0.2) is 34.8 Å². The highest BCUT2D eigenvalue weighted by atomic mass is 16.5. The molecule has 6 nitrogen and oxygen atoms in total. The van der Waals surface area contributed by atoms with E-state index in [9.17, 15) is 4.79 Å². The quantitative estimate of drug-likeness (QED) is 0.799. The lowest BCUT2D eigenvalue weighted by atomic mass is 10.3. The third kappa shape index (κ3) is 1.88. The van der Waals surface area contributed by atoms with Crippen LogP contribution in [-0.2, 0) is 4.79 Å². The van der Waals surface area contributed by atoms with Crippen LogP contribution in [0.3, 0.4) is 0 Å². The fourth-order valence-electron chi connectivity index (χ4n) is 1.25. The minimum absolute atomic E-state index is 0.105. The van der Waals surface area contributed by atoms with Gasteiger partial charge in [0.05, 0.1) is 11.6 Å². The number of pyridine rings is 1. The molecular weight excluding hydrogens is 198 g/mol. The van der Waals surface area contributed by atoms with Gasteiger partial charge in [-0.2, -0.15) is 0 Å². The van der Waals surface area contributed by atoms with Gasteiger partial charge in [0.25, 0.3) is 0 Å². The normalized spacial score (nSPS) is 10.5. The van der Waals surface area contributed by atoms with Crippen molar-refractivity contribution in [2.24, 2.45) is 0 Å². The van der Waals surface area contributed by atoms with Gasteiger partial charge < -0.3 is 14.5 Å². The molecule has 2 aromatic rings. The monoisotopic (exact) mass is 207 g/mol. The Morgan fingerprint density at radius 1 is 1.60 bits per heavy atom. The Balaban J connectivity index is 2.30. The van der Waals surface area contributed by atoms with E-state index >= 15 is 0 Å². The molecule has 2 rings (SSSR count). The summed E-state index contributed by atoms with van der Waals surface area (Å²) in [6.45, 7) is -0.105. The summed E-state index contributed by atoms with van der Waals surface area (Å²) in [4.78, 5) is 16.1. The summed E-state index contributed by atoms with van der Waals surface area (Å²) in [6.07, 6.45) is 3.16. The number of aromatic nitrogens is 2. The summed E-state index contributed by atoms with van der Waals surface area (Å²) in [6, 6.07) is 1.66. The highest BCUT2D eigenvalue weighted by Crippen LogP contribution is 2.17. The lowest BCUT2D eigenvalue weighted by Crippen LogP contribution is -2.25. The summed E-state index contributed by atoms with van der Waals surface area (Å²) < 4.78 is 4.95. The van der Waals surface area contributed by atoms with Gasteiger partial charge in [0, 0.05) is 19.3 Å². The predicted molar refractivity (Wildman–Crippen MR) is 52.7 cm³/mol. The van der Waals surface area contributed by atoms with Gasteiger partial charge in [0.15, 0.2) is 5.58 Å². The molecule has 0 unspecified atom stereocenters. The smallest absolute Gasteiger partial charge is 0.323 e. The number of nitrogens with zero attached hydrogens (tertiary/aromatic N) is 3. The van der Waals surface area contributed by atoms with Crippen LogP contribution in [0.15, 0.2) is 23.0 Å². The Hall–Kier alpha value is -2.11. The van der Waals surface area contributed by atoms with Gasteiger partial charge in [-0.3, -0.25) is 4.79 Å². The highest BCUT2D eigenvalue weighted by molar-refractivity contribution is 5.79. The molecule has 0 aliphatic carbocycles. The van der Waals surface area contributed by atoms with E-state index in [1.807, 2.05) is 0 Å². The molecule has 0 atom stereocenters. The van der Waals surface area contributed by atoms with Gasteiger partial charge >= 0.3 is 5.97 Å². The molecule has 0 radical (unpaired) electrons. The lowest BCUT2D eigenvalue weighted by Gasteiger charge is -2.14. The third-order valence-electron chi connectivity index (χ3n) is 1.99. The first-order valence-electron chi connectivity index (χ1n) is 4.30. The fourth-order valence-corrected chi connectivity index (χ4v) is 1.25. The van der Waals surface area contributed by atoms with E-state index in [1.165, 1.54) is 4.90 Å². The molecule has 15 heavy (non-hydrogen) atoms. The average Bonchev–Trinajstić information content (AvgIpc) is 2.62. The Morgan fingerprint density at radius 3 is 3.13 bits per heavy atom. The van der Waals surface area contributed by atoms with E-state index in [2.05, 4.69) is 10.1 Å². The van der Waals surface area contributed by atoms with Crippen molar-refractivity contribution in [1.82, 2.24) is 10.1 Å². The number of hydrogen-bond acceptors (Lipinski definition) is 5. The van der Waals surface area contributed by atoms with Gasteiger partial charge in [-0.25, -0.2) is 4.98 Å². The molecule has 0 spiro atoms. The molecule has 6 heteroatoms. The van der Waals surface area contributed by atoms with E-state index < -0.39 is 5.97 Å². The van der Waals surface area contributed by atoms with E-state index in [0.29, 0.717) is 11.4 Å². The lowest BCUT2D eigenvalue weighted by molar-refractivity contribution is -0.135. The standard InChI is InChI=1S/C9H9N3O3/c1-12(5-9(13)14)8-2-7-6(3-10-8)4-11-15-7/h2-4H,5H2,1H3,(H,13,14). The van der Waals surface area contributed by atoms with Gasteiger partial charge in [-0.05, 0) is 0 Å². The maximum absolute atomic E-state index is 10.5. The molecule has 0 saturated heterocycles. The Bertz CT molecular complexity index is 494. The van der Waals surface area contributed by atoms with Crippen LogP contribution in [0.25, 0.3) is 11.0 Å². The predicted octanol–water partition coefficient (Wildman–Crippen LogP) is 0.744. The van der Waals surface area contributed by atoms with Gasteiger partial charge in [0.2, 0.25) is 0 Å². The van der Waals surface area contributed by atoms with Crippen molar-refractivity contribution < 1.29 is 14.4 Å².